The van der Waals surface area contributed by atoms with Crippen molar-refractivity contribution in [3.8, 4) is 5.75 Å². The zero-order valence-corrected chi connectivity index (χ0v) is 9.00. The van der Waals surface area contributed by atoms with Gasteiger partial charge in [0.05, 0.1) is 0 Å². The van der Waals surface area contributed by atoms with Crippen molar-refractivity contribution in [3.05, 3.63) is 29.8 Å². The Bertz CT molecular complexity index is 214. The number of unbranched alkanes of at least 4 members (excludes halogenated alkanes) is 1. The molecule has 1 aromatic rings. The molecule has 0 fully saturated rings. The molecule has 0 radical (unpaired) electrons. The average Bonchev–Trinajstić information content (AvgIpc) is 2.04. The van der Waals surface area contributed by atoms with E-state index in [0.717, 1.165) is 6.42 Å². The Morgan fingerprint density at radius 1 is 1.25 bits per heavy atom. The van der Waals surface area contributed by atoms with Crippen molar-refractivity contribution >= 4 is 23.1 Å². The van der Waals surface area contributed by atoms with Crippen LogP contribution in [0.25, 0.3) is 0 Å². The van der Waals surface area contributed by atoms with Gasteiger partial charge in [-0.3, -0.25) is 0 Å². The predicted molar refractivity (Wildman–Crippen MR) is 54.7 cm³/mol. The second-order valence-corrected chi connectivity index (χ2v) is 2.77. The van der Waals surface area contributed by atoms with Crippen molar-refractivity contribution in [2.75, 3.05) is 0 Å². The van der Waals surface area contributed by atoms with Gasteiger partial charge in [-0.2, -0.15) is 0 Å². The quantitative estimate of drug-likeness (QED) is 0.702. The van der Waals surface area contributed by atoms with E-state index >= 15 is 0 Å². The number of hydrogen-bond acceptors (Lipinski definition) is 1. The van der Waals surface area contributed by atoms with Crippen LogP contribution in [-0.4, -0.2) is 28.2 Å². The first kappa shape index (κ1) is 11.8. The maximum atomic E-state index is 8.98. The van der Waals surface area contributed by atoms with Crippen molar-refractivity contribution in [1.82, 2.24) is 0 Å². The Labute approximate surface area is 92.9 Å². The largest absolute Gasteiger partial charge is 2.00 e. The first-order chi connectivity index (χ1) is 5.33. The van der Waals surface area contributed by atoms with E-state index in [1.165, 1.54) is 18.4 Å². The van der Waals surface area contributed by atoms with E-state index in [-0.39, 0.29) is 25.9 Å². The summed E-state index contributed by atoms with van der Waals surface area (Å²) < 4.78 is 0. The Hall–Kier alpha value is -0.214. The zero-order valence-electron chi connectivity index (χ0n) is 9.59. The van der Waals surface area contributed by atoms with E-state index in [4.69, 9.17) is 5.11 Å². The second-order valence-electron chi connectivity index (χ2n) is 2.77. The Kier molecular flexibility index (Phi) is 6.21. The fourth-order valence-electron chi connectivity index (χ4n) is 1.04. The summed E-state index contributed by atoms with van der Waals surface area (Å²) in [6, 6.07) is 7.44. The molecule has 0 atom stereocenters. The minimum atomic E-state index is 0. The van der Waals surface area contributed by atoms with Crippen LogP contribution in [0.4, 0.5) is 0 Å². The minimum Gasteiger partial charge on any atom is -1.00 e. The van der Waals surface area contributed by atoms with Crippen molar-refractivity contribution in [3.63, 3.8) is 0 Å². The second kappa shape index (κ2) is 6.32. The molecule has 0 aliphatic carbocycles. The Balaban J connectivity index is -0.000000403. The molecular formula is C10H16MgO. The third kappa shape index (κ3) is 3.97. The van der Waals surface area contributed by atoms with Gasteiger partial charge in [-0.25, -0.2) is 0 Å². The smallest absolute Gasteiger partial charge is 1.00 e. The summed E-state index contributed by atoms with van der Waals surface area (Å²) in [5, 5.41) is 8.98. The number of aromatic hydroxyl groups is 1. The summed E-state index contributed by atoms with van der Waals surface area (Å²) in [5.41, 5.74) is 1.31. The van der Waals surface area contributed by atoms with E-state index in [0.29, 0.717) is 5.75 Å². The fourth-order valence-corrected chi connectivity index (χ4v) is 1.04. The normalized spacial score (nSPS) is 9.08. The molecule has 0 aromatic heterocycles. The van der Waals surface area contributed by atoms with E-state index < -0.39 is 0 Å². The Morgan fingerprint density at radius 2 is 1.83 bits per heavy atom. The summed E-state index contributed by atoms with van der Waals surface area (Å²) in [4.78, 5) is 0. The topological polar surface area (TPSA) is 20.2 Å². The molecule has 64 valence electrons. The van der Waals surface area contributed by atoms with E-state index in [2.05, 4.69) is 6.92 Å². The van der Waals surface area contributed by atoms with E-state index in [9.17, 15) is 0 Å². The van der Waals surface area contributed by atoms with Gasteiger partial charge in [-0.05, 0) is 30.5 Å². The third-order valence-corrected chi connectivity index (χ3v) is 1.76. The number of aryl methyl sites for hydroxylation is 1. The van der Waals surface area contributed by atoms with Gasteiger partial charge in [0.25, 0.3) is 0 Å². The molecule has 1 N–H and O–H groups in total. The van der Waals surface area contributed by atoms with Gasteiger partial charge >= 0.3 is 23.1 Å². The fraction of sp³-hybridized carbons (Fsp3) is 0.400. The predicted octanol–water partition coefficient (Wildman–Crippen LogP) is 2.58. The van der Waals surface area contributed by atoms with Gasteiger partial charge in [-0.15, -0.1) is 0 Å². The van der Waals surface area contributed by atoms with Crippen LogP contribution in [0.1, 0.15) is 28.2 Å². The standard InChI is InChI=1S/C10H14O.Mg.2H/c1-2-3-4-9-5-7-10(11)8-6-9;;;/h5-8,11H,2-4H2,1H3;;;/q;+2;2*-1. The van der Waals surface area contributed by atoms with Crippen LogP contribution in [0.3, 0.4) is 0 Å². The van der Waals surface area contributed by atoms with Crippen LogP contribution >= 0.6 is 0 Å². The van der Waals surface area contributed by atoms with Crippen LogP contribution in [0.5, 0.6) is 5.75 Å². The van der Waals surface area contributed by atoms with Crippen LogP contribution in [0, 0.1) is 0 Å². The van der Waals surface area contributed by atoms with Gasteiger partial charge in [0, 0.05) is 0 Å². The van der Waals surface area contributed by atoms with Crippen LogP contribution in [0.15, 0.2) is 24.3 Å². The van der Waals surface area contributed by atoms with Crippen LogP contribution in [-0.2, 0) is 6.42 Å². The number of phenolic OH excluding ortho intramolecular Hbond substituents is 1. The van der Waals surface area contributed by atoms with Crippen LogP contribution in [0.2, 0.25) is 0 Å². The van der Waals surface area contributed by atoms with Gasteiger partial charge in [0.1, 0.15) is 5.75 Å². The minimum absolute atomic E-state index is 0. The molecule has 0 aliphatic heterocycles. The van der Waals surface area contributed by atoms with Crippen molar-refractivity contribution < 1.29 is 7.96 Å². The SMILES string of the molecule is CCCCc1ccc(O)cc1.[H-].[H-].[Mg+2]. The first-order valence-corrected chi connectivity index (χ1v) is 4.11. The molecule has 0 aliphatic rings. The van der Waals surface area contributed by atoms with Gasteiger partial charge in [0.2, 0.25) is 0 Å². The molecule has 0 saturated carbocycles. The van der Waals surface area contributed by atoms with Gasteiger partial charge in [-0.1, -0.05) is 25.5 Å². The molecule has 2 heteroatoms. The van der Waals surface area contributed by atoms with Gasteiger partial charge < -0.3 is 7.96 Å². The van der Waals surface area contributed by atoms with E-state index in [1.807, 2.05) is 12.1 Å². The zero-order chi connectivity index (χ0) is 8.10. The molecule has 0 unspecified atom stereocenters. The molecule has 0 bridgehead atoms. The summed E-state index contributed by atoms with van der Waals surface area (Å²) in [6.07, 6.45) is 3.57. The molecule has 0 amide bonds. The van der Waals surface area contributed by atoms with Crippen LogP contribution < -0.4 is 0 Å². The Morgan fingerprint density at radius 3 is 2.33 bits per heavy atom. The summed E-state index contributed by atoms with van der Waals surface area (Å²) >= 11 is 0. The monoisotopic (exact) mass is 176 g/mol. The first-order valence-electron chi connectivity index (χ1n) is 4.11. The molecule has 1 aromatic carbocycles. The third-order valence-electron chi connectivity index (χ3n) is 1.76. The number of rotatable bonds is 3. The maximum absolute atomic E-state index is 8.98. The van der Waals surface area contributed by atoms with Crippen molar-refractivity contribution in [2.24, 2.45) is 0 Å². The van der Waals surface area contributed by atoms with Crippen molar-refractivity contribution in [2.45, 2.75) is 26.2 Å². The molecule has 0 saturated heterocycles. The molecule has 12 heavy (non-hydrogen) atoms. The number of phenols is 1. The van der Waals surface area contributed by atoms with Crippen molar-refractivity contribution in [1.29, 1.82) is 0 Å². The molecule has 0 heterocycles. The summed E-state index contributed by atoms with van der Waals surface area (Å²) in [7, 11) is 0. The molecule has 1 rings (SSSR count). The maximum Gasteiger partial charge on any atom is 2.00 e. The number of benzene rings is 1. The summed E-state index contributed by atoms with van der Waals surface area (Å²) in [6.45, 7) is 2.18. The molecular weight excluding hydrogens is 160 g/mol. The average molecular weight is 177 g/mol. The molecule has 0 spiro atoms. The van der Waals surface area contributed by atoms with E-state index in [1.54, 1.807) is 12.1 Å². The van der Waals surface area contributed by atoms with Gasteiger partial charge in [0.15, 0.2) is 0 Å². The number of hydrogen-bond donors (Lipinski definition) is 1. The molecule has 1 nitrogen and oxygen atoms in total. The summed E-state index contributed by atoms with van der Waals surface area (Å²) in [5.74, 6) is 0.352.